The Morgan fingerprint density at radius 1 is 1.06 bits per heavy atom. The lowest BCUT2D eigenvalue weighted by molar-refractivity contribution is -0.113. The number of rotatable bonds is 5. The van der Waals surface area contributed by atoms with E-state index in [1.165, 1.54) is 28.8 Å². The van der Waals surface area contributed by atoms with Gasteiger partial charge in [-0.05, 0) is 42.8 Å². The van der Waals surface area contributed by atoms with Crippen molar-refractivity contribution in [2.45, 2.75) is 31.9 Å². The minimum absolute atomic E-state index is 0.149. The largest absolute Gasteiger partial charge is 0.338 e. The van der Waals surface area contributed by atoms with E-state index in [1.807, 2.05) is 51.1 Å². The van der Waals surface area contributed by atoms with E-state index in [0.717, 1.165) is 5.56 Å². The first kappa shape index (κ1) is 21.0. The van der Waals surface area contributed by atoms with Gasteiger partial charge in [0.15, 0.2) is 11.0 Å². The van der Waals surface area contributed by atoms with E-state index < -0.39 is 0 Å². The van der Waals surface area contributed by atoms with E-state index in [1.54, 1.807) is 18.2 Å². The predicted octanol–water partition coefficient (Wildman–Crippen LogP) is 5.57. The average Bonchev–Trinajstić information content (AvgIpc) is 3.36. The van der Waals surface area contributed by atoms with Crippen LogP contribution in [0.3, 0.4) is 0 Å². The Labute approximate surface area is 183 Å². The number of nitrogens with zero attached hydrogens (tertiary/aromatic N) is 4. The first-order chi connectivity index (χ1) is 14.9. The number of carbonyl (C=O) groups excluding carboxylic acids is 1. The van der Waals surface area contributed by atoms with Gasteiger partial charge in [-0.15, -0.1) is 0 Å². The van der Waals surface area contributed by atoms with Gasteiger partial charge in [0.2, 0.25) is 5.89 Å². The summed E-state index contributed by atoms with van der Waals surface area (Å²) in [6.07, 6.45) is 1.74. The first-order valence-corrected chi connectivity index (χ1v) is 10.8. The molecule has 0 spiro atoms. The molecule has 158 valence electrons. The van der Waals surface area contributed by atoms with Crippen LogP contribution in [0.4, 0.5) is 10.1 Å². The van der Waals surface area contributed by atoms with Gasteiger partial charge in [-0.2, -0.15) is 4.98 Å². The zero-order valence-corrected chi connectivity index (χ0v) is 18.1. The predicted molar refractivity (Wildman–Crippen MR) is 120 cm³/mol. The molecule has 1 amide bonds. The van der Waals surface area contributed by atoms with Gasteiger partial charge in [0.25, 0.3) is 5.91 Å². The number of benzene rings is 2. The molecule has 0 fully saturated rings. The molecule has 2 heterocycles. The van der Waals surface area contributed by atoms with Gasteiger partial charge in [-0.3, -0.25) is 9.69 Å². The van der Waals surface area contributed by atoms with E-state index in [9.17, 15) is 9.18 Å². The maximum Gasteiger partial charge on any atom is 0.283 e. The van der Waals surface area contributed by atoms with Crippen LogP contribution in [0, 0.1) is 5.82 Å². The molecule has 8 heteroatoms. The minimum Gasteiger partial charge on any atom is -0.338 e. The van der Waals surface area contributed by atoms with Gasteiger partial charge in [0.1, 0.15) is 11.5 Å². The van der Waals surface area contributed by atoms with Crippen molar-refractivity contribution in [2.24, 2.45) is 4.99 Å². The highest BCUT2D eigenvalue weighted by molar-refractivity contribution is 8.14. The summed E-state index contributed by atoms with van der Waals surface area (Å²) in [5, 5.41) is 4.25. The number of amidine groups is 1. The van der Waals surface area contributed by atoms with Crippen LogP contribution < -0.4 is 4.90 Å². The van der Waals surface area contributed by atoms with Crippen molar-refractivity contribution in [3.05, 3.63) is 83.4 Å². The summed E-state index contributed by atoms with van der Waals surface area (Å²) in [5.41, 5.74) is 1.71. The molecule has 4 rings (SSSR count). The number of hydrogen-bond donors (Lipinski definition) is 0. The molecule has 1 unspecified atom stereocenters. The van der Waals surface area contributed by atoms with Crippen molar-refractivity contribution in [3.8, 4) is 0 Å². The van der Waals surface area contributed by atoms with E-state index in [4.69, 9.17) is 4.52 Å². The molecule has 3 aromatic rings. The van der Waals surface area contributed by atoms with E-state index in [-0.39, 0.29) is 22.9 Å². The molecule has 1 aliphatic rings. The van der Waals surface area contributed by atoms with Crippen molar-refractivity contribution in [3.63, 3.8) is 0 Å². The molecular formula is C23H21FN4O2S. The molecule has 0 N–H and O–H groups in total. The maximum atomic E-state index is 13.5. The average molecular weight is 437 g/mol. The lowest BCUT2D eigenvalue weighted by Gasteiger charge is -2.19. The third-order valence-corrected chi connectivity index (χ3v) is 5.66. The molecule has 0 radical (unpaired) electrons. The molecule has 6 nitrogen and oxygen atoms in total. The molecule has 31 heavy (non-hydrogen) atoms. The fourth-order valence-electron chi connectivity index (χ4n) is 2.96. The summed E-state index contributed by atoms with van der Waals surface area (Å²) in [6.45, 7) is 5.89. The number of thioether (sulfide) groups is 1. The lowest BCUT2D eigenvalue weighted by Crippen LogP contribution is -2.30. The Morgan fingerprint density at radius 2 is 1.77 bits per heavy atom. The number of amides is 1. The fraction of sp³-hybridized carbons (Fsp3) is 0.217. The van der Waals surface area contributed by atoms with Gasteiger partial charge in [0.05, 0.1) is 10.9 Å². The zero-order valence-electron chi connectivity index (χ0n) is 17.3. The van der Waals surface area contributed by atoms with Crippen LogP contribution in [-0.4, -0.2) is 21.2 Å². The summed E-state index contributed by atoms with van der Waals surface area (Å²) in [4.78, 5) is 23.7. The van der Waals surface area contributed by atoms with Gasteiger partial charge < -0.3 is 4.52 Å². The van der Waals surface area contributed by atoms with Crippen LogP contribution in [0.1, 0.15) is 49.2 Å². The fourth-order valence-corrected chi connectivity index (χ4v) is 3.91. The van der Waals surface area contributed by atoms with Crippen LogP contribution >= 0.6 is 11.8 Å². The number of hydrogen-bond acceptors (Lipinski definition) is 6. The van der Waals surface area contributed by atoms with Crippen LogP contribution in [0.5, 0.6) is 0 Å². The Balaban J connectivity index is 1.67. The van der Waals surface area contributed by atoms with Crippen molar-refractivity contribution in [2.75, 3.05) is 4.90 Å². The van der Waals surface area contributed by atoms with E-state index in [2.05, 4.69) is 15.1 Å². The molecule has 0 saturated carbocycles. The van der Waals surface area contributed by atoms with Crippen molar-refractivity contribution in [1.29, 1.82) is 0 Å². The Morgan fingerprint density at radius 3 is 2.42 bits per heavy atom. The van der Waals surface area contributed by atoms with Crippen LogP contribution in [0.25, 0.3) is 6.08 Å². The standard InChI is InChI=1S/C23H21FN4O2S/c1-14(2)20-26-21(30-27-20)15(3)31-23-25-19(13-16-7-5-4-6-8-16)22(29)28(23)18-11-9-17(24)10-12-18/h4-15H,1-3H3/b19-13-. The molecule has 1 aliphatic heterocycles. The molecule has 0 saturated heterocycles. The van der Waals surface area contributed by atoms with E-state index in [0.29, 0.717) is 28.3 Å². The highest BCUT2D eigenvalue weighted by atomic mass is 32.2. The van der Waals surface area contributed by atoms with Gasteiger partial charge in [0, 0.05) is 5.92 Å². The number of aliphatic imine (C=N–C) groups is 1. The molecule has 0 bridgehead atoms. The molecule has 2 aromatic carbocycles. The topological polar surface area (TPSA) is 71.6 Å². The highest BCUT2D eigenvalue weighted by Gasteiger charge is 2.34. The van der Waals surface area contributed by atoms with Crippen LogP contribution in [-0.2, 0) is 4.79 Å². The number of anilines is 1. The zero-order chi connectivity index (χ0) is 22.0. The Kier molecular flexibility index (Phi) is 5.99. The third kappa shape index (κ3) is 4.59. The minimum atomic E-state index is -0.373. The maximum absolute atomic E-state index is 13.5. The van der Waals surface area contributed by atoms with Crippen LogP contribution in [0.2, 0.25) is 0 Å². The van der Waals surface area contributed by atoms with Crippen molar-refractivity contribution < 1.29 is 13.7 Å². The monoisotopic (exact) mass is 436 g/mol. The first-order valence-electron chi connectivity index (χ1n) is 9.88. The van der Waals surface area contributed by atoms with Gasteiger partial charge >= 0.3 is 0 Å². The second-order valence-corrected chi connectivity index (χ2v) is 8.67. The van der Waals surface area contributed by atoms with E-state index >= 15 is 0 Å². The Bertz CT molecular complexity index is 1140. The molecule has 0 aliphatic carbocycles. The Hall–Kier alpha value is -3.26. The summed E-state index contributed by atoms with van der Waals surface area (Å²) in [6, 6.07) is 15.3. The van der Waals surface area contributed by atoms with Crippen molar-refractivity contribution in [1.82, 2.24) is 10.1 Å². The van der Waals surface area contributed by atoms with Crippen LogP contribution in [0.15, 0.2) is 69.8 Å². The van der Waals surface area contributed by atoms with Gasteiger partial charge in [-0.25, -0.2) is 9.38 Å². The van der Waals surface area contributed by atoms with Gasteiger partial charge in [-0.1, -0.05) is 61.1 Å². The quantitative estimate of drug-likeness (QED) is 0.489. The number of carbonyl (C=O) groups is 1. The normalized spacial score (nSPS) is 16.3. The SMILES string of the molecule is CC(C)c1noc(C(C)SC2=N/C(=C\c3ccccc3)C(=O)N2c2ccc(F)cc2)n1. The third-order valence-electron chi connectivity index (χ3n) is 4.62. The number of aromatic nitrogens is 2. The summed E-state index contributed by atoms with van der Waals surface area (Å²) < 4.78 is 18.9. The molecular weight excluding hydrogens is 415 g/mol. The smallest absolute Gasteiger partial charge is 0.283 e. The number of halogens is 1. The second kappa shape index (κ2) is 8.85. The summed E-state index contributed by atoms with van der Waals surface area (Å²) in [5.74, 6) is 0.590. The summed E-state index contributed by atoms with van der Waals surface area (Å²) >= 11 is 1.33. The van der Waals surface area contributed by atoms with Crippen molar-refractivity contribution >= 4 is 34.6 Å². The highest BCUT2D eigenvalue weighted by Crippen LogP contribution is 2.36. The molecule has 1 aromatic heterocycles. The second-order valence-electron chi connectivity index (χ2n) is 7.36. The lowest BCUT2D eigenvalue weighted by atomic mass is 10.2. The molecule has 1 atom stereocenters. The summed E-state index contributed by atoms with van der Waals surface area (Å²) in [7, 11) is 0.